The molecule has 4 nitrogen and oxygen atoms in total. The van der Waals surface area contributed by atoms with Gasteiger partial charge in [0, 0.05) is 0 Å². The maximum Gasteiger partial charge on any atom is 0.252 e. The fourth-order valence-electron chi connectivity index (χ4n) is 0.922. The molecule has 0 radical (unpaired) electrons. The molecule has 64 valence electrons. The van der Waals surface area contributed by atoms with Crippen LogP contribution in [0.2, 0.25) is 0 Å². The number of rotatable bonds is 1. The Morgan fingerprint density at radius 2 is 2.17 bits per heavy atom. The molecule has 0 saturated carbocycles. The molecule has 1 rings (SSSR count). The molecule has 0 aliphatic heterocycles. The van der Waals surface area contributed by atoms with E-state index >= 15 is 0 Å². The van der Waals surface area contributed by atoms with Crippen molar-refractivity contribution in [3.05, 3.63) is 21.5 Å². The zero-order chi connectivity index (χ0) is 9.30. The first-order chi connectivity index (χ1) is 5.54. The van der Waals surface area contributed by atoms with Gasteiger partial charge in [-0.25, -0.2) is 0 Å². The molecule has 1 amide bonds. The highest BCUT2D eigenvalue weighted by atomic mass is 32.1. The Hall–Kier alpha value is -1.23. The first-order valence-corrected chi connectivity index (χ1v) is 3.80. The van der Waals surface area contributed by atoms with Crippen LogP contribution in [-0.4, -0.2) is 16.1 Å². The normalized spacial score (nSPS) is 9.83. The van der Waals surface area contributed by atoms with E-state index in [1.165, 1.54) is 0 Å². The van der Waals surface area contributed by atoms with E-state index in [2.05, 4.69) is 10.2 Å². The summed E-state index contributed by atoms with van der Waals surface area (Å²) in [4.78, 5) is 10.9. The minimum Gasteiger partial charge on any atom is -0.365 e. The van der Waals surface area contributed by atoms with Gasteiger partial charge in [-0.15, -0.1) is 0 Å². The molecule has 0 fully saturated rings. The van der Waals surface area contributed by atoms with E-state index < -0.39 is 5.91 Å². The minimum atomic E-state index is -0.515. The summed E-state index contributed by atoms with van der Waals surface area (Å²) in [6, 6.07) is 0. The maximum atomic E-state index is 10.9. The molecule has 1 aromatic heterocycles. The predicted molar refractivity (Wildman–Crippen MR) is 47.4 cm³/mol. The van der Waals surface area contributed by atoms with Crippen LogP contribution in [0.4, 0.5) is 0 Å². The lowest BCUT2D eigenvalue weighted by Gasteiger charge is -2.02. The topological polar surface area (TPSA) is 71.8 Å². The number of nitrogens with two attached hydrogens (primary N) is 1. The number of primary amides is 1. The van der Waals surface area contributed by atoms with Gasteiger partial charge in [0.15, 0.2) is 0 Å². The molecule has 0 saturated heterocycles. The van der Waals surface area contributed by atoms with Gasteiger partial charge in [0.1, 0.15) is 4.64 Å². The smallest absolute Gasteiger partial charge is 0.252 e. The summed E-state index contributed by atoms with van der Waals surface area (Å²) in [6.07, 6.45) is 0. The van der Waals surface area contributed by atoms with Gasteiger partial charge in [0.25, 0.3) is 5.91 Å². The summed E-state index contributed by atoms with van der Waals surface area (Å²) >= 11 is 4.86. The number of hydrogen-bond acceptors (Lipinski definition) is 3. The van der Waals surface area contributed by atoms with E-state index in [0.717, 1.165) is 11.3 Å². The third kappa shape index (κ3) is 1.35. The van der Waals surface area contributed by atoms with Crippen LogP contribution in [0.15, 0.2) is 0 Å². The van der Waals surface area contributed by atoms with E-state index in [1.54, 1.807) is 13.8 Å². The number of carbonyl (C=O) groups excluding carboxylic acids is 1. The van der Waals surface area contributed by atoms with Crippen molar-refractivity contribution in [3.8, 4) is 0 Å². The van der Waals surface area contributed by atoms with E-state index in [9.17, 15) is 4.79 Å². The van der Waals surface area contributed by atoms with Gasteiger partial charge in [-0.05, 0) is 19.4 Å². The van der Waals surface area contributed by atoms with Crippen molar-refractivity contribution in [1.29, 1.82) is 0 Å². The van der Waals surface area contributed by atoms with Gasteiger partial charge < -0.3 is 5.73 Å². The highest BCUT2D eigenvalue weighted by Crippen LogP contribution is 2.09. The second-order valence-electron chi connectivity index (χ2n) is 2.50. The summed E-state index contributed by atoms with van der Waals surface area (Å²) in [5.41, 5.74) is 6.97. The lowest BCUT2D eigenvalue weighted by molar-refractivity contribution is 0.0998. The number of aromatic amines is 1. The number of aryl methyl sites for hydroxylation is 1. The average Bonchev–Trinajstić information content (AvgIpc) is 1.97. The van der Waals surface area contributed by atoms with Gasteiger partial charge in [-0.3, -0.25) is 9.89 Å². The van der Waals surface area contributed by atoms with Gasteiger partial charge in [0.05, 0.1) is 11.3 Å². The Balaban J connectivity index is 3.54. The quantitative estimate of drug-likeness (QED) is 0.634. The maximum absolute atomic E-state index is 10.9. The van der Waals surface area contributed by atoms with Gasteiger partial charge >= 0.3 is 0 Å². The number of carbonyl (C=O) groups is 1. The van der Waals surface area contributed by atoms with Crippen molar-refractivity contribution in [2.45, 2.75) is 13.8 Å². The molecule has 0 aromatic carbocycles. The summed E-state index contributed by atoms with van der Waals surface area (Å²) in [7, 11) is 0. The Kier molecular flexibility index (Phi) is 2.23. The highest BCUT2D eigenvalue weighted by Gasteiger charge is 2.09. The van der Waals surface area contributed by atoms with Crippen molar-refractivity contribution < 1.29 is 4.79 Å². The van der Waals surface area contributed by atoms with E-state index in [0.29, 0.717) is 10.2 Å². The van der Waals surface area contributed by atoms with E-state index in [1.807, 2.05) is 0 Å². The van der Waals surface area contributed by atoms with Crippen LogP contribution in [0.25, 0.3) is 0 Å². The molecule has 5 heteroatoms. The molecule has 0 atom stereocenters. The lowest BCUT2D eigenvalue weighted by atomic mass is 10.1. The largest absolute Gasteiger partial charge is 0.365 e. The van der Waals surface area contributed by atoms with Crippen LogP contribution < -0.4 is 5.73 Å². The van der Waals surface area contributed by atoms with Crippen molar-refractivity contribution in [2.24, 2.45) is 5.73 Å². The number of H-pyrrole nitrogens is 1. The fourth-order valence-corrected chi connectivity index (χ4v) is 1.22. The second kappa shape index (κ2) is 3.02. The summed E-state index contributed by atoms with van der Waals surface area (Å²) in [5.74, 6) is -0.515. The number of hydrogen-bond donors (Lipinski definition) is 2. The minimum absolute atomic E-state index is 0.297. The Labute approximate surface area is 74.8 Å². The Morgan fingerprint density at radius 3 is 2.58 bits per heavy atom. The SMILES string of the molecule is Cc1n[nH]c(=S)c(C(N)=O)c1C. The van der Waals surface area contributed by atoms with Crippen LogP contribution >= 0.6 is 12.2 Å². The van der Waals surface area contributed by atoms with Crippen molar-refractivity contribution in [1.82, 2.24) is 10.2 Å². The summed E-state index contributed by atoms with van der Waals surface area (Å²) in [5, 5.41) is 6.44. The molecule has 1 aromatic rings. The van der Waals surface area contributed by atoms with Crippen LogP contribution in [0.3, 0.4) is 0 Å². The number of aromatic nitrogens is 2. The number of nitrogens with zero attached hydrogens (tertiary/aromatic N) is 1. The van der Waals surface area contributed by atoms with Gasteiger partial charge in [0.2, 0.25) is 0 Å². The third-order valence-electron chi connectivity index (χ3n) is 1.72. The molecule has 0 bridgehead atoms. The zero-order valence-electron chi connectivity index (χ0n) is 6.84. The molecule has 0 unspecified atom stereocenters. The van der Waals surface area contributed by atoms with Gasteiger partial charge in [-0.1, -0.05) is 12.2 Å². The number of amides is 1. The second-order valence-corrected chi connectivity index (χ2v) is 2.91. The number of nitrogens with one attached hydrogen (secondary N) is 1. The van der Waals surface area contributed by atoms with E-state index in [4.69, 9.17) is 18.0 Å². The Bertz CT molecular complexity index is 383. The molecule has 3 N–H and O–H groups in total. The average molecular weight is 183 g/mol. The van der Waals surface area contributed by atoms with Crippen LogP contribution in [0.5, 0.6) is 0 Å². The Morgan fingerprint density at radius 1 is 1.58 bits per heavy atom. The van der Waals surface area contributed by atoms with Crippen molar-refractivity contribution in [2.75, 3.05) is 0 Å². The molecule has 1 heterocycles. The van der Waals surface area contributed by atoms with Gasteiger partial charge in [-0.2, -0.15) is 5.10 Å². The fraction of sp³-hybridized carbons (Fsp3) is 0.286. The monoisotopic (exact) mass is 183 g/mol. The molecular weight excluding hydrogens is 174 g/mol. The standard InChI is InChI=1S/C7H9N3OS/c1-3-4(2)9-10-7(12)5(3)6(8)11/h1-2H3,(H2,8,11)(H,10,12). The van der Waals surface area contributed by atoms with Crippen LogP contribution in [0.1, 0.15) is 21.6 Å². The van der Waals surface area contributed by atoms with Crippen molar-refractivity contribution in [3.63, 3.8) is 0 Å². The first kappa shape index (κ1) is 8.86. The highest BCUT2D eigenvalue weighted by molar-refractivity contribution is 7.71. The summed E-state index contributed by atoms with van der Waals surface area (Å²) < 4.78 is 0.297. The lowest BCUT2D eigenvalue weighted by Crippen LogP contribution is -2.15. The first-order valence-electron chi connectivity index (χ1n) is 3.39. The van der Waals surface area contributed by atoms with Crippen LogP contribution in [0, 0.1) is 18.5 Å². The molecular formula is C7H9N3OS. The molecule has 0 aliphatic rings. The zero-order valence-corrected chi connectivity index (χ0v) is 7.66. The molecule has 0 aliphatic carbocycles. The molecule has 0 spiro atoms. The molecule has 12 heavy (non-hydrogen) atoms. The van der Waals surface area contributed by atoms with E-state index in [-0.39, 0.29) is 0 Å². The van der Waals surface area contributed by atoms with Crippen molar-refractivity contribution >= 4 is 18.1 Å². The predicted octanol–water partition coefficient (Wildman–Crippen LogP) is 0.855. The van der Waals surface area contributed by atoms with Crippen LogP contribution in [-0.2, 0) is 0 Å². The third-order valence-corrected chi connectivity index (χ3v) is 2.01. The summed E-state index contributed by atoms with van der Waals surface area (Å²) in [6.45, 7) is 3.55.